The lowest BCUT2D eigenvalue weighted by Gasteiger charge is -2.41. The van der Waals surface area contributed by atoms with Crippen LogP contribution in [-0.2, 0) is 19.1 Å². The predicted octanol–water partition coefficient (Wildman–Crippen LogP) is 1.85. The van der Waals surface area contributed by atoms with Crippen molar-refractivity contribution < 1.29 is 19.1 Å². The summed E-state index contributed by atoms with van der Waals surface area (Å²) in [6.45, 7) is 11.3. The lowest BCUT2D eigenvalue weighted by molar-refractivity contribution is -0.163. The zero-order valence-corrected chi connectivity index (χ0v) is 17.3. The molecule has 1 aromatic heterocycles. The fourth-order valence-electron chi connectivity index (χ4n) is 3.92. The van der Waals surface area contributed by atoms with Gasteiger partial charge in [-0.25, -0.2) is 14.8 Å². The number of cyclic esters (lactones) is 1. The Labute approximate surface area is 166 Å². The highest BCUT2D eigenvalue weighted by Gasteiger charge is 2.49. The van der Waals surface area contributed by atoms with Crippen molar-refractivity contribution in [3.63, 3.8) is 0 Å². The predicted molar refractivity (Wildman–Crippen MR) is 103 cm³/mol. The van der Waals surface area contributed by atoms with Gasteiger partial charge in [0.05, 0.1) is 5.92 Å². The van der Waals surface area contributed by atoms with Crippen molar-refractivity contribution in [2.45, 2.75) is 59.0 Å². The number of hydrogen-bond donors (Lipinski definition) is 0. The fraction of sp³-hybridized carbons (Fsp3) is 0.700. The van der Waals surface area contributed by atoms with Gasteiger partial charge in [-0.2, -0.15) is 0 Å². The quantitative estimate of drug-likeness (QED) is 0.709. The first-order chi connectivity index (χ1) is 13.2. The van der Waals surface area contributed by atoms with Crippen LogP contribution in [0.3, 0.4) is 0 Å². The molecule has 3 heterocycles. The standard InChI is InChI=1S/C20H30N4O4/c1-13(2)11-15(16-18(26)28-20(4,5)27-16)17(25)24-10-9-23(12-14(24)3)19-21-7-6-8-22-19/h6-8,13-16H,9-12H2,1-5H3/t14-,15+,16+/m1/s1. The molecule has 0 saturated carbocycles. The van der Waals surface area contributed by atoms with Gasteiger partial charge in [-0.3, -0.25) is 4.79 Å². The number of carbonyl (C=O) groups is 2. The van der Waals surface area contributed by atoms with Gasteiger partial charge in [0.2, 0.25) is 17.6 Å². The molecule has 3 atom stereocenters. The minimum Gasteiger partial charge on any atom is -0.432 e. The molecule has 2 saturated heterocycles. The number of amides is 1. The third kappa shape index (κ3) is 4.43. The average Bonchev–Trinajstić information content (AvgIpc) is 2.92. The van der Waals surface area contributed by atoms with Gasteiger partial charge in [0.15, 0.2) is 6.10 Å². The van der Waals surface area contributed by atoms with E-state index in [4.69, 9.17) is 9.47 Å². The van der Waals surface area contributed by atoms with E-state index in [1.54, 1.807) is 32.3 Å². The van der Waals surface area contributed by atoms with Gasteiger partial charge in [-0.05, 0) is 25.3 Å². The number of esters is 1. The highest BCUT2D eigenvalue weighted by molar-refractivity contribution is 5.88. The summed E-state index contributed by atoms with van der Waals surface area (Å²) >= 11 is 0. The molecule has 0 spiro atoms. The summed E-state index contributed by atoms with van der Waals surface area (Å²) in [5.41, 5.74) is 0. The average molecular weight is 390 g/mol. The van der Waals surface area contributed by atoms with Crippen molar-refractivity contribution >= 4 is 17.8 Å². The topological polar surface area (TPSA) is 84.9 Å². The number of nitrogens with zero attached hydrogens (tertiary/aromatic N) is 4. The molecule has 1 aromatic rings. The SMILES string of the molecule is CC(C)C[C@H](C(=O)N1CCN(c2ncccn2)C[C@H]1C)[C@@H]1OC(C)(C)OC1=O. The van der Waals surface area contributed by atoms with E-state index >= 15 is 0 Å². The first kappa shape index (κ1) is 20.5. The van der Waals surface area contributed by atoms with E-state index in [1.807, 2.05) is 25.7 Å². The highest BCUT2D eigenvalue weighted by Crippen LogP contribution is 2.33. The second kappa shape index (κ2) is 8.03. The molecule has 2 aliphatic heterocycles. The van der Waals surface area contributed by atoms with E-state index in [-0.39, 0.29) is 17.9 Å². The second-order valence-electron chi connectivity index (χ2n) is 8.47. The normalized spacial score (nSPS) is 25.7. The van der Waals surface area contributed by atoms with Crippen LogP contribution in [0.2, 0.25) is 0 Å². The minimum absolute atomic E-state index is 0.0230. The molecule has 154 valence electrons. The van der Waals surface area contributed by atoms with Crippen LogP contribution in [0, 0.1) is 11.8 Å². The van der Waals surface area contributed by atoms with Crippen molar-refractivity contribution in [3.05, 3.63) is 18.5 Å². The van der Waals surface area contributed by atoms with Crippen LogP contribution in [0.15, 0.2) is 18.5 Å². The van der Waals surface area contributed by atoms with E-state index in [0.29, 0.717) is 32.0 Å². The summed E-state index contributed by atoms with van der Waals surface area (Å²) in [7, 11) is 0. The maximum atomic E-state index is 13.4. The smallest absolute Gasteiger partial charge is 0.338 e. The van der Waals surface area contributed by atoms with Crippen LogP contribution in [0.5, 0.6) is 0 Å². The van der Waals surface area contributed by atoms with E-state index in [0.717, 1.165) is 0 Å². The molecule has 3 rings (SSSR count). The summed E-state index contributed by atoms with van der Waals surface area (Å²) in [5.74, 6) is -1.11. The second-order valence-corrected chi connectivity index (χ2v) is 8.47. The number of anilines is 1. The molecule has 0 radical (unpaired) electrons. The molecule has 8 nitrogen and oxygen atoms in total. The highest BCUT2D eigenvalue weighted by atomic mass is 16.8. The molecule has 0 aliphatic carbocycles. The van der Waals surface area contributed by atoms with Gasteiger partial charge in [0.25, 0.3) is 0 Å². The first-order valence-corrected chi connectivity index (χ1v) is 9.91. The van der Waals surface area contributed by atoms with Crippen LogP contribution >= 0.6 is 0 Å². The van der Waals surface area contributed by atoms with Gasteiger partial charge < -0.3 is 19.3 Å². The lowest BCUT2D eigenvalue weighted by Crippen LogP contribution is -2.57. The van der Waals surface area contributed by atoms with Crippen molar-refractivity contribution in [2.75, 3.05) is 24.5 Å². The number of hydrogen-bond acceptors (Lipinski definition) is 7. The first-order valence-electron chi connectivity index (χ1n) is 9.91. The largest absolute Gasteiger partial charge is 0.432 e. The number of carbonyl (C=O) groups excluding carboxylic acids is 2. The maximum Gasteiger partial charge on any atom is 0.338 e. The Morgan fingerprint density at radius 2 is 1.96 bits per heavy atom. The van der Waals surface area contributed by atoms with Gasteiger partial charge in [-0.15, -0.1) is 0 Å². The Balaban J connectivity index is 1.73. The summed E-state index contributed by atoms with van der Waals surface area (Å²) in [5, 5.41) is 0. The van der Waals surface area contributed by atoms with E-state index in [1.165, 1.54) is 0 Å². The number of ether oxygens (including phenoxy) is 2. The Bertz CT molecular complexity index is 709. The molecule has 0 N–H and O–H groups in total. The maximum absolute atomic E-state index is 13.4. The van der Waals surface area contributed by atoms with Crippen molar-refractivity contribution in [1.29, 1.82) is 0 Å². The molecule has 0 bridgehead atoms. The molecule has 1 amide bonds. The molecule has 28 heavy (non-hydrogen) atoms. The summed E-state index contributed by atoms with van der Waals surface area (Å²) in [6, 6.07) is 1.76. The number of piperazine rings is 1. The summed E-state index contributed by atoms with van der Waals surface area (Å²) in [4.78, 5) is 38.3. The van der Waals surface area contributed by atoms with Gasteiger partial charge in [0.1, 0.15) is 0 Å². The molecular weight excluding hydrogens is 360 g/mol. The monoisotopic (exact) mass is 390 g/mol. The lowest BCUT2D eigenvalue weighted by atomic mass is 9.90. The zero-order chi connectivity index (χ0) is 20.5. The van der Waals surface area contributed by atoms with Crippen LogP contribution in [0.25, 0.3) is 0 Å². The number of rotatable bonds is 5. The molecule has 2 fully saturated rings. The Hall–Kier alpha value is -2.22. The summed E-state index contributed by atoms with van der Waals surface area (Å²) < 4.78 is 11.1. The Morgan fingerprint density at radius 1 is 1.29 bits per heavy atom. The Morgan fingerprint density at radius 3 is 2.50 bits per heavy atom. The molecule has 0 unspecified atom stereocenters. The van der Waals surface area contributed by atoms with E-state index < -0.39 is 23.8 Å². The zero-order valence-electron chi connectivity index (χ0n) is 17.3. The summed E-state index contributed by atoms with van der Waals surface area (Å²) in [6.07, 6.45) is 3.15. The van der Waals surface area contributed by atoms with E-state index in [2.05, 4.69) is 14.9 Å². The number of aromatic nitrogens is 2. The fourth-order valence-corrected chi connectivity index (χ4v) is 3.92. The van der Waals surface area contributed by atoms with Crippen molar-refractivity contribution in [2.24, 2.45) is 11.8 Å². The van der Waals surface area contributed by atoms with Crippen LogP contribution in [0.4, 0.5) is 5.95 Å². The van der Waals surface area contributed by atoms with Gasteiger partial charge in [-0.1, -0.05) is 13.8 Å². The Kier molecular flexibility index (Phi) is 5.88. The van der Waals surface area contributed by atoms with E-state index in [9.17, 15) is 9.59 Å². The third-order valence-electron chi connectivity index (χ3n) is 5.14. The third-order valence-corrected chi connectivity index (χ3v) is 5.14. The molecular formula is C20H30N4O4. The molecule has 2 aliphatic rings. The van der Waals surface area contributed by atoms with Crippen LogP contribution < -0.4 is 4.90 Å². The molecule has 0 aromatic carbocycles. The van der Waals surface area contributed by atoms with Crippen LogP contribution in [-0.4, -0.2) is 64.3 Å². The van der Waals surface area contributed by atoms with Crippen LogP contribution in [0.1, 0.15) is 41.0 Å². The van der Waals surface area contributed by atoms with Crippen molar-refractivity contribution in [1.82, 2.24) is 14.9 Å². The molecule has 8 heteroatoms. The van der Waals surface area contributed by atoms with Gasteiger partial charge in [0, 0.05) is 51.9 Å². The minimum atomic E-state index is -0.994. The van der Waals surface area contributed by atoms with Gasteiger partial charge >= 0.3 is 5.97 Å². The van der Waals surface area contributed by atoms with Crippen molar-refractivity contribution in [3.8, 4) is 0 Å².